The maximum absolute atomic E-state index is 14.6. The van der Waals surface area contributed by atoms with E-state index >= 15 is 0 Å². The number of halogens is 3. The van der Waals surface area contributed by atoms with Gasteiger partial charge in [0, 0.05) is 42.8 Å². The van der Waals surface area contributed by atoms with Crippen LogP contribution in [0.25, 0.3) is 6.08 Å². The molecule has 1 aliphatic carbocycles. The topological polar surface area (TPSA) is 54.5 Å². The van der Waals surface area contributed by atoms with Gasteiger partial charge in [0.15, 0.2) is 17.3 Å². The minimum absolute atomic E-state index is 0.195. The van der Waals surface area contributed by atoms with Gasteiger partial charge in [-0.05, 0) is 41.5 Å². The van der Waals surface area contributed by atoms with Gasteiger partial charge >= 0.3 is 0 Å². The van der Waals surface area contributed by atoms with Crippen LogP contribution >= 0.6 is 39.1 Å². The predicted octanol–water partition coefficient (Wildman–Crippen LogP) is 8.07. The number of ketones is 3. The lowest BCUT2D eigenvalue weighted by Gasteiger charge is -2.37. The van der Waals surface area contributed by atoms with Crippen LogP contribution in [-0.4, -0.2) is 29.4 Å². The molecule has 0 amide bonds. The van der Waals surface area contributed by atoms with E-state index in [0.29, 0.717) is 32.3 Å². The summed E-state index contributed by atoms with van der Waals surface area (Å²) in [6.45, 7) is 0. The summed E-state index contributed by atoms with van der Waals surface area (Å²) in [5.74, 6) is -1.68. The van der Waals surface area contributed by atoms with Crippen LogP contribution in [0.4, 0.5) is 5.69 Å². The molecule has 2 aliphatic heterocycles. The summed E-state index contributed by atoms with van der Waals surface area (Å²) in [5.41, 5.74) is 1.80. The molecule has 40 heavy (non-hydrogen) atoms. The molecule has 1 fully saturated rings. The first-order chi connectivity index (χ1) is 19.3. The van der Waals surface area contributed by atoms with Gasteiger partial charge in [-0.1, -0.05) is 112 Å². The fraction of sp³-hybridized carbons (Fsp3) is 0.121. The zero-order valence-corrected chi connectivity index (χ0v) is 24.0. The molecule has 0 bridgehead atoms. The van der Waals surface area contributed by atoms with Crippen molar-refractivity contribution in [2.24, 2.45) is 5.41 Å². The van der Waals surface area contributed by atoms with E-state index in [-0.39, 0.29) is 17.3 Å². The zero-order valence-electron chi connectivity index (χ0n) is 20.9. The van der Waals surface area contributed by atoms with Crippen LogP contribution in [0.1, 0.15) is 48.1 Å². The van der Waals surface area contributed by atoms with Gasteiger partial charge in [-0.3, -0.25) is 14.4 Å². The number of Topliss-reactive ketones (excluding diaryl/α,β-unsaturated/α-hetero) is 3. The van der Waals surface area contributed by atoms with Crippen molar-refractivity contribution in [1.82, 2.24) is 0 Å². The summed E-state index contributed by atoms with van der Waals surface area (Å²) in [5, 5.41) is 0.728. The van der Waals surface area contributed by atoms with Crippen molar-refractivity contribution in [2.75, 3.05) is 4.90 Å². The SMILES string of the molecule is O=C(c1ccccc1)[C@H]1[C@H](c2ccc(Cl)cc2Cl)C2(C(=O)c3ccccc3C2=O)[C@@H]2C=Cc3cc(Br)ccc3N21. The number of anilines is 1. The Kier molecular flexibility index (Phi) is 5.90. The number of nitrogens with zero attached hydrogens (tertiary/aromatic N) is 1. The number of hydrogen-bond acceptors (Lipinski definition) is 4. The minimum atomic E-state index is -1.61. The van der Waals surface area contributed by atoms with E-state index < -0.39 is 23.4 Å². The van der Waals surface area contributed by atoms with E-state index in [1.165, 1.54) is 0 Å². The molecule has 3 aliphatic rings. The first-order valence-electron chi connectivity index (χ1n) is 12.8. The number of rotatable bonds is 3. The van der Waals surface area contributed by atoms with Crippen molar-refractivity contribution in [3.8, 4) is 0 Å². The zero-order chi connectivity index (χ0) is 27.8. The summed E-state index contributed by atoms with van der Waals surface area (Å²) < 4.78 is 0.881. The molecule has 196 valence electrons. The smallest absolute Gasteiger partial charge is 0.185 e. The van der Waals surface area contributed by atoms with E-state index in [9.17, 15) is 14.4 Å². The molecular formula is C33H20BrCl2NO3. The Morgan fingerprint density at radius 2 is 1.50 bits per heavy atom. The highest BCUT2D eigenvalue weighted by atomic mass is 79.9. The van der Waals surface area contributed by atoms with Gasteiger partial charge in [0.25, 0.3) is 0 Å². The van der Waals surface area contributed by atoms with E-state index in [1.54, 1.807) is 54.6 Å². The summed E-state index contributed by atoms with van der Waals surface area (Å²) >= 11 is 16.7. The second kappa shape index (κ2) is 9.27. The van der Waals surface area contributed by atoms with Crippen LogP contribution in [-0.2, 0) is 0 Å². The number of carbonyl (C=O) groups excluding carboxylic acids is 3. The van der Waals surface area contributed by atoms with Crippen LogP contribution in [0.15, 0.2) is 102 Å². The molecule has 0 radical (unpaired) electrons. The summed E-state index contributed by atoms with van der Waals surface area (Å²) in [7, 11) is 0. The van der Waals surface area contributed by atoms with Crippen LogP contribution < -0.4 is 4.90 Å². The second-order valence-corrected chi connectivity index (χ2v) is 12.1. The quantitative estimate of drug-likeness (QED) is 0.170. The van der Waals surface area contributed by atoms with Gasteiger partial charge in [-0.2, -0.15) is 0 Å². The normalized spacial score (nSPS) is 21.9. The molecule has 7 rings (SSSR count). The van der Waals surface area contributed by atoms with Crippen molar-refractivity contribution < 1.29 is 14.4 Å². The Labute approximate surface area is 249 Å². The second-order valence-electron chi connectivity index (χ2n) is 10.3. The van der Waals surface area contributed by atoms with Crippen molar-refractivity contribution >= 4 is 68.2 Å². The molecule has 1 saturated heterocycles. The molecular weight excluding hydrogens is 609 g/mol. The minimum Gasteiger partial charge on any atom is -0.352 e. The van der Waals surface area contributed by atoms with Crippen LogP contribution in [0.2, 0.25) is 10.0 Å². The molecule has 1 spiro atoms. The summed E-state index contributed by atoms with van der Waals surface area (Å²) in [6.07, 6.45) is 3.83. The molecule has 3 atom stereocenters. The molecule has 0 aromatic heterocycles. The lowest BCUT2D eigenvalue weighted by atomic mass is 9.64. The van der Waals surface area contributed by atoms with Crippen molar-refractivity contribution in [1.29, 1.82) is 0 Å². The van der Waals surface area contributed by atoms with Gasteiger partial charge in [0.2, 0.25) is 0 Å². The van der Waals surface area contributed by atoms with E-state index in [1.807, 2.05) is 53.5 Å². The van der Waals surface area contributed by atoms with Crippen molar-refractivity contribution in [2.45, 2.75) is 18.0 Å². The van der Waals surface area contributed by atoms with E-state index in [4.69, 9.17) is 23.2 Å². The molecule has 0 unspecified atom stereocenters. The largest absolute Gasteiger partial charge is 0.352 e. The van der Waals surface area contributed by atoms with Crippen LogP contribution in [0.3, 0.4) is 0 Å². The third-order valence-corrected chi connectivity index (χ3v) is 9.45. The summed E-state index contributed by atoms with van der Waals surface area (Å²) in [4.78, 5) is 45.9. The third-order valence-electron chi connectivity index (χ3n) is 8.39. The maximum Gasteiger partial charge on any atom is 0.185 e. The standard InChI is InChI=1S/C33H20BrCl2NO3/c34-20-11-14-26-19(16-20)10-15-27-33(31(39)22-8-4-5-9-23(22)32(33)40)28(24-13-12-21(35)17-25(24)36)29(37(26)27)30(38)18-6-2-1-3-7-18/h1-17,27-29H/t27-,28-,29+/m0/s1. The highest BCUT2D eigenvalue weighted by Gasteiger charge is 2.71. The highest BCUT2D eigenvalue weighted by molar-refractivity contribution is 9.10. The Bertz CT molecular complexity index is 1750. The molecule has 2 heterocycles. The van der Waals surface area contributed by atoms with Gasteiger partial charge < -0.3 is 4.90 Å². The van der Waals surface area contributed by atoms with Gasteiger partial charge in [-0.25, -0.2) is 0 Å². The number of benzene rings is 4. The Morgan fingerprint density at radius 3 is 2.17 bits per heavy atom. The Balaban J connectivity index is 1.57. The van der Waals surface area contributed by atoms with Crippen LogP contribution in [0.5, 0.6) is 0 Å². The maximum atomic E-state index is 14.6. The van der Waals surface area contributed by atoms with E-state index in [0.717, 1.165) is 15.7 Å². The average molecular weight is 629 g/mol. The molecule has 4 nitrogen and oxygen atoms in total. The first kappa shape index (κ1) is 25.5. The van der Waals surface area contributed by atoms with Gasteiger partial charge in [-0.15, -0.1) is 0 Å². The lowest BCUT2D eigenvalue weighted by molar-refractivity contribution is 0.0666. The third kappa shape index (κ3) is 3.41. The van der Waals surface area contributed by atoms with Crippen molar-refractivity contribution in [3.05, 3.63) is 139 Å². The fourth-order valence-electron chi connectivity index (χ4n) is 6.82. The molecule has 7 heteroatoms. The van der Waals surface area contributed by atoms with Gasteiger partial charge in [0.05, 0.1) is 6.04 Å². The Morgan fingerprint density at radius 1 is 0.825 bits per heavy atom. The predicted molar refractivity (Wildman–Crippen MR) is 161 cm³/mol. The monoisotopic (exact) mass is 627 g/mol. The van der Waals surface area contributed by atoms with Crippen LogP contribution in [0, 0.1) is 5.41 Å². The molecule has 0 N–H and O–H groups in total. The molecule has 0 saturated carbocycles. The van der Waals surface area contributed by atoms with E-state index in [2.05, 4.69) is 15.9 Å². The lowest BCUT2D eigenvalue weighted by Crippen LogP contribution is -2.48. The van der Waals surface area contributed by atoms with Crippen molar-refractivity contribution in [3.63, 3.8) is 0 Å². The summed E-state index contributed by atoms with van der Waals surface area (Å²) in [6, 6.07) is 25.1. The number of carbonyl (C=O) groups is 3. The van der Waals surface area contributed by atoms with Gasteiger partial charge in [0.1, 0.15) is 11.5 Å². The molecule has 4 aromatic rings. The average Bonchev–Trinajstić information content (AvgIpc) is 3.39. The Hall–Kier alpha value is -3.51. The fourth-order valence-corrected chi connectivity index (χ4v) is 7.72. The number of hydrogen-bond donors (Lipinski definition) is 0. The molecule has 4 aromatic carbocycles. The first-order valence-corrected chi connectivity index (χ1v) is 14.4. The number of fused-ring (bicyclic) bond motifs is 5. The highest BCUT2D eigenvalue weighted by Crippen LogP contribution is 2.61.